The third-order valence-electron chi connectivity index (χ3n) is 3.08. The van der Waals surface area contributed by atoms with Crippen molar-refractivity contribution in [3.05, 3.63) is 15.6 Å². The van der Waals surface area contributed by atoms with Crippen LogP contribution in [0.1, 0.15) is 41.4 Å². The summed E-state index contributed by atoms with van der Waals surface area (Å²) in [4.78, 5) is 5.81. The Labute approximate surface area is 108 Å². The van der Waals surface area contributed by atoms with Gasteiger partial charge in [0.25, 0.3) is 0 Å². The van der Waals surface area contributed by atoms with Gasteiger partial charge < -0.3 is 10.1 Å². The molecule has 1 fully saturated rings. The van der Waals surface area contributed by atoms with Gasteiger partial charge in [0.2, 0.25) is 0 Å². The van der Waals surface area contributed by atoms with Crippen LogP contribution < -0.4 is 5.32 Å². The number of rotatable bonds is 7. The standard InChI is InChI=1S/C13H22N2OS/c1-9(13-10(2)15-11(3)17-13)14-6-7-16-8-12-4-5-12/h9,12,14H,4-8H2,1-3H3. The Morgan fingerprint density at radius 2 is 2.24 bits per heavy atom. The van der Waals surface area contributed by atoms with Gasteiger partial charge in [-0.15, -0.1) is 11.3 Å². The lowest BCUT2D eigenvalue weighted by Gasteiger charge is -2.12. The van der Waals surface area contributed by atoms with Crippen molar-refractivity contribution in [1.29, 1.82) is 0 Å². The average molecular weight is 254 g/mol. The molecule has 1 N–H and O–H groups in total. The molecule has 4 heteroatoms. The average Bonchev–Trinajstić information content (AvgIpc) is 3.03. The third kappa shape index (κ3) is 4.05. The first-order valence-corrected chi connectivity index (χ1v) is 7.23. The molecule has 1 aromatic heterocycles. The zero-order valence-electron chi connectivity index (χ0n) is 11.0. The highest BCUT2D eigenvalue weighted by Gasteiger charge is 2.20. The maximum absolute atomic E-state index is 5.60. The Morgan fingerprint density at radius 3 is 2.82 bits per heavy atom. The van der Waals surface area contributed by atoms with Gasteiger partial charge in [-0.1, -0.05) is 0 Å². The van der Waals surface area contributed by atoms with E-state index in [-0.39, 0.29) is 0 Å². The Bertz CT molecular complexity index is 360. The van der Waals surface area contributed by atoms with Gasteiger partial charge in [0, 0.05) is 24.1 Å². The third-order valence-corrected chi connectivity index (χ3v) is 4.34. The molecule has 0 amide bonds. The van der Waals surface area contributed by atoms with Gasteiger partial charge in [-0.25, -0.2) is 4.98 Å². The molecule has 0 spiro atoms. The van der Waals surface area contributed by atoms with Gasteiger partial charge in [-0.3, -0.25) is 0 Å². The van der Waals surface area contributed by atoms with Crippen LogP contribution in [0.25, 0.3) is 0 Å². The lowest BCUT2D eigenvalue weighted by atomic mass is 10.2. The second-order valence-corrected chi connectivity index (χ2v) is 6.11. The van der Waals surface area contributed by atoms with Crippen molar-refractivity contribution in [1.82, 2.24) is 10.3 Å². The second-order valence-electron chi connectivity index (χ2n) is 4.88. The lowest BCUT2D eigenvalue weighted by molar-refractivity contribution is 0.124. The molecule has 1 unspecified atom stereocenters. The normalized spacial score (nSPS) is 17.4. The van der Waals surface area contributed by atoms with Gasteiger partial charge >= 0.3 is 0 Å². The largest absolute Gasteiger partial charge is 0.380 e. The van der Waals surface area contributed by atoms with Crippen molar-refractivity contribution in [2.75, 3.05) is 19.8 Å². The fourth-order valence-electron chi connectivity index (χ4n) is 1.92. The molecule has 2 rings (SSSR count). The highest BCUT2D eigenvalue weighted by atomic mass is 32.1. The molecule has 1 heterocycles. The fourth-order valence-corrected chi connectivity index (χ4v) is 2.88. The Morgan fingerprint density at radius 1 is 1.47 bits per heavy atom. The molecule has 1 aromatic rings. The predicted octanol–water partition coefficient (Wildman–Crippen LogP) is 2.84. The summed E-state index contributed by atoms with van der Waals surface area (Å²) in [5, 5.41) is 4.64. The van der Waals surface area contributed by atoms with E-state index in [1.165, 1.54) is 17.7 Å². The zero-order valence-corrected chi connectivity index (χ0v) is 11.8. The number of aryl methyl sites for hydroxylation is 2. The number of hydrogen-bond acceptors (Lipinski definition) is 4. The topological polar surface area (TPSA) is 34.2 Å². The van der Waals surface area contributed by atoms with Crippen LogP contribution in [0.5, 0.6) is 0 Å². The molecule has 0 aliphatic heterocycles. The van der Waals surface area contributed by atoms with Crippen LogP contribution in [0.3, 0.4) is 0 Å². The summed E-state index contributed by atoms with van der Waals surface area (Å²) in [7, 11) is 0. The predicted molar refractivity (Wildman–Crippen MR) is 71.5 cm³/mol. The fraction of sp³-hybridized carbons (Fsp3) is 0.769. The van der Waals surface area contributed by atoms with Gasteiger partial charge in [-0.2, -0.15) is 0 Å². The van der Waals surface area contributed by atoms with Crippen molar-refractivity contribution in [2.24, 2.45) is 5.92 Å². The molecule has 1 atom stereocenters. The highest BCUT2D eigenvalue weighted by Crippen LogP contribution is 2.28. The van der Waals surface area contributed by atoms with Gasteiger partial charge in [0.05, 0.1) is 17.3 Å². The van der Waals surface area contributed by atoms with E-state index in [2.05, 4.69) is 31.1 Å². The maximum Gasteiger partial charge on any atom is 0.0900 e. The van der Waals surface area contributed by atoms with E-state index in [0.29, 0.717) is 6.04 Å². The Kier molecular flexibility index (Phi) is 4.54. The lowest BCUT2D eigenvalue weighted by Crippen LogP contribution is -2.23. The molecular formula is C13H22N2OS. The van der Waals surface area contributed by atoms with Crippen LogP contribution in [0, 0.1) is 19.8 Å². The minimum absolute atomic E-state index is 0.380. The van der Waals surface area contributed by atoms with E-state index in [9.17, 15) is 0 Å². The van der Waals surface area contributed by atoms with Crippen molar-refractivity contribution in [3.63, 3.8) is 0 Å². The van der Waals surface area contributed by atoms with E-state index < -0.39 is 0 Å². The molecule has 0 aromatic carbocycles. The molecule has 3 nitrogen and oxygen atoms in total. The summed E-state index contributed by atoms with van der Waals surface area (Å²) in [5.74, 6) is 0.860. The SMILES string of the molecule is Cc1nc(C)c(C(C)NCCOCC2CC2)s1. The van der Waals surface area contributed by atoms with Crippen LogP contribution in [-0.2, 0) is 4.74 Å². The smallest absolute Gasteiger partial charge is 0.0900 e. The summed E-state index contributed by atoms with van der Waals surface area (Å²) in [6.45, 7) is 9.03. The van der Waals surface area contributed by atoms with Gasteiger partial charge in [0.1, 0.15) is 0 Å². The Balaban J connectivity index is 1.65. The first-order valence-electron chi connectivity index (χ1n) is 6.42. The number of ether oxygens (including phenoxy) is 1. The molecule has 96 valence electrons. The zero-order chi connectivity index (χ0) is 12.3. The monoisotopic (exact) mass is 254 g/mol. The number of hydrogen-bond donors (Lipinski definition) is 1. The van der Waals surface area contributed by atoms with E-state index in [0.717, 1.165) is 36.4 Å². The summed E-state index contributed by atoms with van der Waals surface area (Å²) in [5.41, 5.74) is 1.16. The number of aromatic nitrogens is 1. The van der Waals surface area contributed by atoms with Crippen molar-refractivity contribution < 1.29 is 4.74 Å². The molecule has 0 bridgehead atoms. The first kappa shape index (κ1) is 13.0. The molecule has 0 saturated heterocycles. The molecule has 1 aliphatic rings. The number of thiazole rings is 1. The van der Waals surface area contributed by atoms with Gasteiger partial charge in [-0.05, 0) is 39.5 Å². The number of nitrogens with zero attached hydrogens (tertiary/aromatic N) is 1. The second kappa shape index (κ2) is 5.94. The minimum Gasteiger partial charge on any atom is -0.380 e. The quantitative estimate of drug-likeness (QED) is 0.760. The van der Waals surface area contributed by atoms with E-state index in [4.69, 9.17) is 4.74 Å². The molecule has 1 aliphatic carbocycles. The van der Waals surface area contributed by atoms with E-state index >= 15 is 0 Å². The maximum atomic E-state index is 5.60. The van der Waals surface area contributed by atoms with Crippen molar-refractivity contribution in [2.45, 2.75) is 39.7 Å². The molecular weight excluding hydrogens is 232 g/mol. The molecule has 0 radical (unpaired) electrons. The molecule has 17 heavy (non-hydrogen) atoms. The summed E-state index contributed by atoms with van der Waals surface area (Å²) in [6, 6.07) is 0.380. The van der Waals surface area contributed by atoms with Crippen LogP contribution >= 0.6 is 11.3 Å². The number of nitrogens with one attached hydrogen (secondary N) is 1. The van der Waals surface area contributed by atoms with Crippen molar-refractivity contribution in [3.8, 4) is 0 Å². The highest BCUT2D eigenvalue weighted by molar-refractivity contribution is 7.11. The summed E-state index contributed by atoms with van der Waals surface area (Å²) >= 11 is 1.79. The van der Waals surface area contributed by atoms with E-state index in [1.54, 1.807) is 11.3 Å². The van der Waals surface area contributed by atoms with E-state index in [1.807, 2.05) is 0 Å². The summed E-state index contributed by atoms with van der Waals surface area (Å²) in [6.07, 6.45) is 2.73. The Hall–Kier alpha value is -0.450. The van der Waals surface area contributed by atoms with Crippen molar-refractivity contribution >= 4 is 11.3 Å². The van der Waals surface area contributed by atoms with Crippen LogP contribution in [0.2, 0.25) is 0 Å². The van der Waals surface area contributed by atoms with Crippen LogP contribution in [0.4, 0.5) is 0 Å². The first-order chi connectivity index (χ1) is 8.16. The van der Waals surface area contributed by atoms with Crippen LogP contribution in [0.15, 0.2) is 0 Å². The summed E-state index contributed by atoms with van der Waals surface area (Å²) < 4.78 is 5.60. The van der Waals surface area contributed by atoms with Gasteiger partial charge in [0.15, 0.2) is 0 Å². The minimum atomic E-state index is 0.380. The van der Waals surface area contributed by atoms with Crippen LogP contribution in [-0.4, -0.2) is 24.7 Å². The molecule has 1 saturated carbocycles.